The molecule has 0 aromatic carbocycles. The van der Waals surface area contributed by atoms with E-state index in [2.05, 4.69) is 25.1 Å². The van der Waals surface area contributed by atoms with Gasteiger partial charge in [0.1, 0.15) is 17.8 Å². The highest BCUT2D eigenvalue weighted by Crippen LogP contribution is 2.28. The summed E-state index contributed by atoms with van der Waals surface area (Å²) in [5, 5.41) is 3.11. The fourth-order valence-electron chi connectivity index (χ4n) is 3.21. The highest BCUT2D eigenvalue weighted by molar-refractivity contribution is 5.36. The van der Waals surface area contributed by atoms with Crippen molar-refractivity contribution >= 4 is 5.82 Å². The minimum absolute atomic E-state index is 0.149. The number of nitrogens with one attached hydrogen (secondary N) is 1. The lowest BCUT2D eigenvalue weighted by atomic mass is 10.1. The Balaban J connectivity index is 1.42. The van der Waals surface area contributed by atoms with Crippen LogP contribution in [0.3, 0.4) is 0 Å². The van der Waals surface area contributed by atoms with Crippen molar-refractivity contribution in [2.75, 3.05) is 57.8 Å². The quantitative estimate of drug-likeness (QED) is 0.864. The summed E-state index contributed by atoms with van der Waals surface area (Å²) in [5.74, 6) is 0.245. The Morgan fingerprint density at radius 2 is 1.68 bits per heavy atom. The van der Waals surface area contributed by atoms with Crippen LogP contribution in [0, 0.1) is 0 Å². The standard InChI is InChI=1S/C16H24F3N5O/c17-16(18,19)14-11-15(21-12-20-14)22-13-1-3-23(4-2-13)5-6-24-7-9-25-10-8-24/h11-13H,1-10H2,(H,20,21,22). The topological polar surface area (TPSA) is 53.5 Å². The van der Waals surface area contributed by atoms with Gasteiger partial charge in [-0.25, -0.2) is 9.97 Å². The molecule has 3 rings (SSSR count). The van der Waals surface area contributed by atoms with E-state index in [9.17, 15) is 13.2 Å². The van der Waals surface area contributed by atoms with Crippen LogP contribution in [-0.4, -0.2) is 78.3 Å². The first kappa shape index (κ1) is 18.3. The molecule has 0 saturated carbocycles. The molecule has 2 aliphatic rings. The molecule has 1 N–H and O–H groups in total. The van der Waals surface area contributed by atoms with E-state index < -0.39 is 11.9 Å². The van der Waals surface area contributed by atoms with Crippen molar-refractivity contribution in [2.24, 2.45) is 0 Å². The summed E-state index contributed by atoms with van der Waals surface area (Å²) in [6.45, 7) is 7.56. The maximum atomic E-state index is 12.7. The van der Waals surface area contributed by atoms with Gasteiger partial charge in [-0.15, -0.1) is 0 Å². The number of halogens is 3. The van der Waals surface area contributed by atoms with Gasteiger partial charge in [0.15, 0.2) is 0 Å². The van der Waals surface area contributed by atoms with Crippen LogP contribution >= 0.6 is 0 Å². The third-order valence-electron chi connectivity index (χ3n) is 4.73. The summed E-state index contributed by atoms with van der Waals surface area (Å²) in [4.78, 5) is 12.0. The number of alkyl halides is 3. The van der Waals surface area contributed by atoms with Gasteiger partial charge in [-0.2, -0.15) is 13.2 Å². The molecule has 3 heterocycles. The lowest BCUT2D eigenvalue weighted by Gasteiger charge is -2.34. The minimum Gasteiger partial charge on any atom is -0.379 e. The number of likely N-dealkylation sites (tertiary alicyclic amines) is 1. The molecule has 2 aliphatic heterocycles. The number of nitrogens with zero attached hydrogens (tertiary/aromatic N) is 4. The fourth-order valence-corrected chi connectivity index (χ4v) is 3.21. The van der Waals surface area contributed by atoms with Gasteiger partial charge >= 0.3 is 6.18 Å². The molecule has 9 heteroatoms. The van der Waals surface area contributed by atoms with Crippen LogP contribution in [0.15, 0.2) is 12.4 Å². The Bertz CT molecular complexity index is 543. The van der Waals surface area contributed by atoms with E-state index in [1.165, 1.54) is 0 Å². The number of hydrogen-bond acceptors (Lipinski definition) is 6. The third kappa shape index (κ3) is 5.52. The van der Waals surface area contributed by atoms with Crippen LogP contribution in [0.25, 0.3) is 0 Å². The molecular weight excluding hydrogens is 335 g/mol. The Morgan fingerprint density at radius 1 is 1.04 bits per heavy atom. The normalized spacial score (nSPS) is 21.4. The van der Waals surface area contributed by atoms with Crippen molar-refractivity contribution in [1.82, 2.24) is 19.8 Å². The predicted octanol–water partition coefficient (Wildman–Crippen LogP) is 1.70. The molecular formula is C16H24F3N5O. The van der Waals surface area contributed by atoms with Crippen LogP contribution in [0.1, 0.15) is 18.5 Å². The Kier molecular flexibility index (Phi) is 6.08. The molecule has 0 radical (unpaired) electrons. The molecule has 2 fully saturated rings. The number of morpholine rings is 1. The number of anilines is 1. The third-order valence-corrected chi connectivity index (χ3v) is 4.73. The average molecular weight is 359 g/mol. The lowest BCUT2D eigenvalue weighted by Crippen LogP contribution is -2.45. The molecule has 6 nitrogen and oxygen atoms in total. The molecule has 1 aromatic heterocycles. The van der Waals surface area contributed by atoms with Gasteiger partial charge in [-0.05, 0) is 12.8 Å². The van der Waals surface area contributed by atoms with Crippen molar-refractivity contribution in [3.05, 3.63) is 18.1 Å². The maximum Gasteiger partial charge on any atom is 0.433 e. The van der Waals surface area contributed by atoms with Gasteiger partial charge in [0.2, 0.25) is 0 Å². The number of piperidine rings is 1. The zero-order valence-electron chi connectivity index (χ0n) is 14.1. The molecule has 1 aromatic rings. The lowest BCUT2D eigenvalue weighted by molar-refractivity contribution is -0.141. The second-order valence-electron chi connectivity index (χ2n) is 6.50. The molecule has 0 atom stereocenters. The maximum absolute atomic E-state index is 12.7. The number of aromatic nitrogens is 2. The summed E-state index contributed by atoms with van der Waals surface area (Å²) < 4.78 is 43.4. The van der Waals surface area contributed by atoms with Gasteiger partial charge in [0, 0.05) is 51.4 Å². The second-order valence-corrected chi connectivity index (χ2v) is 6.50. The van der Waals surface area contributed by atoms with E-state index in [1.54, 1.807) is 0 Å². The molecule has 0 bridgehead atoms. The molecule has 140 valence electrons. The van der Waals surface area contributed by atoms with Gasteiger partial charge < -0.3 is 15.0 Å². The highest BCUT2D eigenvalue weighted by atomic mass is 19.4. The molecule has 2 saturated heterocycles. The van der Waals surface area contributed by atoms with E-state index >= 15 is 0 Å². The monoisotopic (exact) mass is 359 g/mol. The largest absolute Gasteiger partial charge is 0.433 e. The van der Waals surface area contributed by atoms with Gasteiger partial charge in [0.25, 0.3) is 0 Å². The van der Waals surface area contributed by atoms with Crippen molar-refractivity contribution in [3.63, 3.8) is 0 Å². The average Bonchev–Trinajstić information content (AvgIpc) is 2.62. The highest BCUT2D eigenvalue weighted by Gasteiger charge is 2.33. The summed E-state index contributed by atoms with van der Waals surface area (Å²) in [6, 6.07) is 1.13. The van der Waals surface area contributed by atoms with E-state index in [-0.39, 0.29) is 11.9 Å². The molecule has 0 spiro atoms. The van der Waals surface area contributed by atoms with Gasteiger partial charge in [-0.1, -0.05) is 0 Å². The van der Waals surface area contributed by atoms with Crippen molar-refractivity contribution in [1.29, 1.82) is 0 Å². The number of ether oxygens (including phenoxy) is 1. The Hall–Kier alpha value is -1.45. The summed E-state index contributed by atoms with van der Waals surface area (Å²) in [5.41, 5.74) is -0.909. The van der Waals surface area contributed by atoms with Crippen LogP contribution in [0.5, 0.6) is 0 Å². The van der Waals surface area contributed by atoms with Crippen LogP contribution in [-0.2, 0) is 10.9 Å². The minimum atomic E-state index is -4.44. The molecule has 0 aliphatic carbocycles. The Morgan fingerprint density at radius 3 is 2.32 bits per heavy atom. The van der Waals surface area contributed by atoms with Crippen LogP contribution in [0.2, 0.25) is 0 Å². The fraction of sp³-hybridized carbons (Fsp3) is 0.750. The van der Waals surface area contributed by atoms with Crippen molar-refractivity contribution < 1.29 is 17.9 Å². The summed E-state index contributed by atoms with van der Waals surface area (Å²) in [6.07, 6.45) is -1.69. The first-order valence-corrected chi connectivity index (χ1v) is 8.69. The van der Waals surface area contributed by atoms with Crippen LogP contribution in [0.4, 0.5) is 19.0 Å². The summed E-state index contributed by atoms with van der Waals surface area (Å²) in [7, 11) is 0. The smallest absolute Gasteiger partial charge is 0.379 e. The second kappa shape index (κ2) is 8.29. The molecule has 25 heavy (non-hydrogen) atoms. The van der Waals surface area contributed by atoms with E-state index in [0.29, 0.717) is 0 Å². The Labute approximate surface area is 145 Å². The molecule has 0 amide bonds. The van der Waals surface area contributed by atoms with Crippen molar-refractivity contribution in [2.45, 2.75) is 25.1 Å². The summed E-state index contributed by atoms with van der Waals surface area (Å²) >= 11 is 0. The number of hydrogen-bond donors (Lipinski definition) is 1. The van der Waals surface area contributed by atoms with Crippen molar-refractivity contribution in [3.8, 4) is 0 Å². The van der Waals surface area contributed by atoms with E-state index in [4.69, 9.17) is 4.74 Å². The first-order chi connectivity index (χ1) is 12.0. The number of rotatable bonds is 5. The first-order valence-electron chi connectivity index (χ1n) is 8.69. The van der Waals surface area contributed by atoms with Gasteiger partial charge in [0.05, 0.1) is 13.2 Å². The van der Waals surface area contributed by atoms with Crippen LogP contribution < -0.4 is 5.32 Å². The zero-order valence-corrected chi connectivity index (χ0v) is 14.1. The predicted molar refractivity (Wildman–Crippen MR) is 87.4 cm³/mol. The molecule has 0 unspecified atom stereocenters. The SMILES string of the molecule is FC(F)(F)c1cc(NC2CCN(CCN3CCOCC3)CC2)ncn1. The van der Waals surface area contributed by atoms with Gasteiger partial charge in [-0.3, -0.25) is 4.90 Å². The zero-order chi connectivity index (χ0) is 17.7. The van der Waals surface area contributed by atoms with E-state index in [1.807, 2.05) is 0 Å². The van der Waals surface area contributed by atoms with E-state index in [0.717, 1.165) is 77.7 Å².